The fourth-order valence-electron chi connectivity index (χ4n) is 2.66. The lowest BCUT2D eigenvalue weighted by Crippen LogP contribution is -2.26. The predicted molar refractivity (Wildman–Crippen MR) is 77.3 cm³/mol. The second-order valence-corrected chi connectivity index (χ2v) is 5.27. The van der Waals surface area contributed by atoms with Gasteiger partial charge >= 0.3 is 5.97 Å². The van der Waals surface area contributed by atoms with Gasteiger partial charge in [0.2, 0.25) is 0 Å². The van der Waals surface area contributed by atoms with E-state index in [0.29, 0.717) is 11.3 Å². The maximum absolute atomic E-state index is 11.9. The molecule has 0 atom stereocenters. The average Bonchev–Trinajstić information content (AvgIpc) is 2.82. The molecule has 0 unspecified atom stereocenters. The quantitative estimate of drug-likeness (QED) is 0.613. The fourth-order valence-corrected chi connectivity index (χ4v) is 2.66. The van der Waals surface area contributed by atoms with Crippen molar-refractivity contribution in [2.75, 3.05) is 13.1 Å². The van der Waals surface area contributed by atoms with Crippen molar-refractivity contribution in [2.45, 2.75) is 26.2 Å². The van der Waals surface area contributed by atoms with Gasteiger partial charge in [-0.05, 0) is 31.7 Å². The van der Waals surface area contributed by atoms with Crippen molar-refractivity contribution < 1.29 is 9.63 Å². The molecule has 1 aromatic rings. The summed E-state index contributed by atoms with van der Waals surface area (Å²) in [5.41, 5.74) is 3.27. The Hall–Kier alpha value is -2.10. The molecular formula is C16H18N2O2. The van der Waals surface area contributed by atoms with E-state index in [9.17, 15) is 4.79 Å². The lowest BCUT2D eigenvalue weighted by molar-refractivity contribution is -0.136. The number of piperidine rings is 1. The SMILES string of the molecule is Cc1ccccc1C1=NOC(=O)C1=CN1CCCCC1. The van der Waals surface area contributed by atoms with Gasteiger partial charge in [0.15, 0.2) is 0 Å². The number of oxime groups is 1. The average molecular weight is 270 g/mol. The highest BCUT2D eigenvalue weighted by molar-refractivity contribution is 6.29. The van der Waals surface area contributed by atoms with Crippen LogP contribution in [0.2, 0.25) is 0 Å². The van der Waals surface area contributed by atoms with E-state index in [1.165, 1.54) is 19.3 Å². The topological polar surface area (TPSA) is 41.9 Å². The number of likely N-dealkylation sites (tertiary alicyclic amines) is 1. The predicted octanol–water partition coefficient (Wildman–Crippen LogP) is 2.63. The Morgan fingerprint density at radius 3 is 2.70 bits per heavy atom. The van der Waals surface area contributed by atoms with E-state index < -0.39 is 0 Å². The Kier molecular flexibility index (Phi) is 3.54. The highest BCUT2D eigenvalue weighted by Gasteiger charge is 2.28. The minimum absolute atomic E-state index is 0.353. The lowest BCUT2D eigenvalue weighted by Gasteiger charge is -2.25. The van der Waals surface area contributed by atoms with Crippen LogP contribution in [0.4, 0.5) is 0 Å². The van der Waals surface area contributed by atoms with Crippen LogP contribution in [0, 0.1) is 6.92 Å². The van der Waals surface area contributed by atoms with Gasteiger partial charge < -0.3 is 9.74 Å². The first kappa shape index (κ1) is 12.9. The number of aryl methyl sites for hydroxylation is 1. The Bertz CT molecular complexity index is 584. The van der Waals surface area contributed by atoms with Crippen molar-refractivity contribution in [1.82, 2.24) is 4.90 Å². The maximum atomic E-state index is 11.9. The Morgan fingerprint density at radius 1 is 1.20 bits per heavy atom. The number of hydrogen-bond acceptors (Lipinski definition) is 4. The highest BCUT2D eigenvalue weighted by Crippen LogP contribution is 2.22. The number of benzene rings is 1. The summed E-state index contributed by atoms with van der Waals surface area (Å²) in [5, 5.41) is 3.97. The summed E-state index contributed by atoms with van der Waals surface area (Å²) in [6.45, 7) is 4.01. The van der Waals surface area contributed by atoms with Crippen LogP contribution in [0.3, 0.4) is 0 Å². The molecule has 2 aliphatic heterocycles. The number of carbonyl (C=O) groups is 1. The number of carbonyl (C=O) groups excluding carboxylic acids is 1. The second kappa shape index (κ2) is 5.49. The molecule has 104 valence electrons. The maximum Gasteiger partial charge on any atom is 0.369 e. The summed E-state index contributed by atoms with van der Waals surface area (Å²) < 4.78 is 0. The molecular weight excluding hydrogens is 252 g/mol. The second-order valence-electron chi connectivity index (χ2n) is 5.27. The van der Waals surface area contributed by atoms with Crippen LogP contribution < -0.4 is 0 Å². The summed E-state index contributed by atoms with van der Waals surface area (Å²) in [6.07, 6.45) is 5.54. The van der Waals surface area contributed by atoms with E-state index in [1.54, 1.807) is 0 Å². The van der Waals surface area contributed by atoms with Crippen LogP contribution in [-0.4, -0.2) is 29.7 Å². The summed E-state index contributed by atoms with van der Waals surface area (Å²) in [6, 6.07) is 7.91. The zero-order valence-corrected chi connectivity index (χ0v) is 11.6. The van der Waals surface area contributed by atoms with Gasteiger partial charge in [-0.25, -0.2) is 4.79 Å². The van der Waals surface area contributed by atoms with E-state index in [-0.39, 0.29) is 5.97 Å². The molecule has 0 aliphatic carbocycles. The normalized spacial score (nSPS) is 21.1. The van der Waals surface area contributed by atoms with Crippen LogP contribution in [0.1, 0.15) is 30.4 Å². The molecule has 1 saturated heterocycles. The monoisotopic (exact) mass is 270 g/mol. The molecule has 1 aromatic carbocycles. The smallest absolute Gasteiger partial charge is 0.369 e. The molecule has 0 radical (unpaired) electrons. The molecule has 0 amide bonds. The molecule has 2 aliphatic rings. The Balaban J connectivity index is 1.92. The van der Waals surface area contributed by atoms with Crippen LogP contribution in [-0.2, 0) is 9.63 Å². The van der Waals surface area contributed by atoms with E-state index >= 15 is 0 Å². The van der Waals surface area contributed by atoms with Crippen molar-refractivity contribution in [3.05, 3.63) is 47.2 Å². The largest absolute Gasteiger partial charge is 0.377 e. The molecule has 0 N–H and O–H groups in total. The van der Waals surface area contributed by atoms with Crippen molar-refractivity contribution in [3.63, 3.8) is 0 Å². The van der Waals surface area contributed by atoms with Gasteiger partial charge in [-0.1, -0.05) is 29.4 Å². The van der Waals surface area contributed by atoms with Gasteiger partial charge in [0.1, 0.15) is 11.3 Å². The first-order chi connectivity index (χ1) is 9.75. The third-order valence-corrected chi connectivity index (χ3v) is 3.80. The number of nitrogens with zero attached hydrogens (tertiary/aromatic N) is 2. The van der Waals surface area contributed by atoms with Gasteiger partial charge in [0.05, 0.1) is 0 Å². The first-order valence-corrected chi connectivity index (χ1v) is 7.07. The molecule has 3 rings (SSSR count). The van der Waals surface area contributed by atoms with Crippen molar-refractivity contribution in [3.8, 4) is 0 Å². The first-order valence-electron chi connectivity index (χ1n) is 7.07. The van der Waals surface area contributed by atoms with Gasteiger partial charge in [-0.3, -0.25) is 0 Å². The fraction of sp³-hybridized carbons (Fsp3) is 0.375. The van der Waals surface area contributed by atoms with Crippen molar-refractivity contribution in [1.29, 1.82) is 0 Å². The minimum atomic E-state index is -0.353. The zero-order valence-electron chi connectivity index (χ0n) is 11.6. The molecule has 0 spiro atoms. The standard InChI is InChI=1S/C16H18N2O2/c1-12-7-3-4-8-13(12)15-14(16(19)20-17-15)11-18-9-5-2-6-10-18/h3-4,7-8,11H,2,5-6,9-10H2,1H3. The van der Waals surface area contributed by atoms with Crippen LogP contribution >= 0.6 is 0 Å². The van der Waals surface area contributed by atoms with Crippen LogP contribution in [0.25, 0.3) is 0 Å². The molecule has 0 aromatic heterocycles. The highest BCUT2D eigenvalue weighted by atomic mass is 16.7. The Labute approximate surface area is 118 Å². The van der Waals surface area contributed by atoms with Gasteiger partial charge in [0, 0.05) is 24.9 Å². The third kappa shape index (κ3) is 2.46. The molecule has 0 saturated carbocycles. The molecule has 1 fully saturated rings. The van der Waals surface area contributed by atoms with E-state index in [0.717, 1.165) is 24.2 Å². The molecule has 20 heavy (non-hydrogen) atoms. The summed E-state index contributed by atoms with van der Waals surface area (Å²) in [7, 11) is 0. The molecule has 0 bridgehead atoms. The number of rotatable bonds is 2. The van der Waals surface area contributed by atoms with Crippen molar-refractivity contribution >= 4 is 11.7 Å². The summed E-state index contributed by atoms with van der Waals surface area (Å²) in [4.78, 5) is 19.0. The van der Waals surface area contributed by atoms with Gasteiger partial charge in [0.25, 0.3) is 0 Å². The lowest BCUT2D eigenvalue weighted by atomic mass is 9.99. The van der Waals surface area contributed by atoms with Crippen molar-refractivity contribution in [2.24, 2.45) is 5.16 Å². The van der Waals surface area contributed by atoms with E-state index in [4.69, 9.17) is 4.84 Å². The molecule has 4 heteroatoms. The van der Waals surface area contributed by atoms with E-state index in [1.807, 2.05) is 37.4 Å². The minimum Gasteiger partial charge on any atom is -0.377 e. The summed E-state index contributed by atoms with van der Waals surface area (Å²) in [5.74, 6) is -0.353. The third-order valence-electron chi connectivity index (χ3n) is 3.80. The van der Waals surface area contributed by atoms with Gasteiger partial charge in [-0.2, -0.15) is 0 Å². The number of hydrogen-bond donors (Lipinski definition) is 0. The van der Waals surface area contributed by atoms with E-state index in [2.05, 4.69) is 10.1 Å². The molecule has 4 nitrogen and oxygen atoms in total. The zero-order chi connectivity index (χ0) is 13.9. The van der Waals surface area contributed by atoms with Crippen LogP contribution in [0.15, 0.2) is 41.2 Å². The summed E-state index contributed by atoms with van der Waals surface area (Å²) >= 11 is 0. The van der Waals surface area contributed by atoms with Gasteiger partial charge in [-0.15, -0.1) is 0 Å². The Morgan fingerprint density at radius 2 is 1.95 bits per heavy atom. The molecule has 2 heterocycles. The van der Waals surface area contributed by atoms with Crippen LogP contribution in [0.5, 0.6) is 0 Å².